The van der Waals surface area contributed by atoms with E-state index in [1.165, 1.54) is 18.2 Å². The van der Waals surface area contributed by atoms with Crippen molar-refractivity contribution >= 4 is 23.1 Å². The Labute approximate surface area is 201 Å². The molecule has 1 aromatic carbocycles. The van der Waals surface area contributed by atoms with Gasteiger partial charge in [0.1, 0.15) is 23.8 Å². The predicted octanol–water partition coefficient (Wildman–Crippen LogP) is 3.32. The Morgan fingerprint density at radius 3 is 2.65 bits per heavy atom. The van der Waals surface area contributed by atoms with Crippen molar-refractivity contribution in [3.63, 3.8) is 0 Å². The highest BCUT2D eigenvalue weighted by atomic mass is 35.5. The fraction of sp³-hybridized carbons (Fsp3) is 0.458. The third-order valence-electron chi connectivity index (χ3n) is 6.77. The number of carbonyl (C=O) groups is 1. The van der Waals surface area contributed by atoms with E-state index in [1.807, 2.05) is 0 Å². The summed E-state index contributed by atoms with van der Waals surface area (Å²) in [6.45, 7) is 3.98. The van der Waals surface area contributed by atoms with Gasteiger partial charge in [-0.15, -0.1) is 0 Å². The Kier molecular flexibility index (Phi) is 5.93. The lowest BCUT2D eigenvalue weighted by atomic mass is 10.0. The van der Waals surface area contributed by atoms with Gasteiger partial charge in [0, 0.05) is 35.8 Å². The number of benzene rings is 1. The summed E-state index contributed by atoms with van der Waals surface area (Å²) in [5.41, 5.74) is 8.91. The molecule has 5 rings (SSSR count). The van der Waals surface area contributed by atoms with E-state index in [2.05, 4.69) is 15.3 Å². The molecular formula is C24H26ClF2N5O2. The van der Waals surface area contributed by atoms with Crippen LogP contribution in [-0.4, -0.2) is 58.2 Å². The smallest absolute Gasteiger partial charge is 0.258 e. The number of rotatable bonds is 4. The molecule has 7 nitrogen and oxygen atoms in total. The Bertz CT molecular complexity index is 1160. The molecule has 1 amide bonds. The summed E-state index contributed by atoms with van der Waals surface area (Å²) in [5, 5.41) is 3.74. The van der Waals surface area contributed by atoms with E-state index in [4.69, 9.17) is 22.1 Å². The average Bonchev–Trinajstić information content (AvgIpc) is 3.29. The molecule has 1 aromatic heterocycles. The molecular weight excluding hydrogens is 464 g/mol. The number of nitrogens with zero attached hydrogens (tertiary/aromatic N) is 3. The number of amides is 1. The SMILES string of the molecule is Cc1nc(C2=C(N)CN(C(=O)c3ccc(F)cc3O[C@H]3CC4CC(F)C(C3)N4)C2)nc(C)c1Cl. The number of aromatic nitrogens is 2. The minimum absolute atomic E-state index is 0.0305. The first-order chi connectivity index (χ1) is 16.2. The van der Waals surface area contributed by atoms with Crippen molar-refractivity contribution in [3.8, 4) is 5.75 Å². The van der Waals surface area contributed by atoms with E-state index in [1.54, 1.807) is 18.7 Å². The lowest BCUT2D eigenvalue weighted by Crippen LogP contribution is -2.44. The topological polar surface area (TPSA) is 93.4 Å². The zero-order valence-electron chi connectivity index (χ0n) is 18.9. The quantitative estimate of drug-likeness (QED) is 0.684. The van der Waals surface area contributed by atoms with Crippen molar-refractivity contribution in [1.29, 1.82) is 0 Å². The average molecular weight is 490 g/mol. The number of hydrogen-bond donors (Lipinski definition) is 2. The van der Waals surface area contributed by atoms with Crippen LogP contribution in [-0.2, 0) is 0 Å². The first-order valence-corrected chi connectivity index (χ1v) is 11.7. The summed E-state index contributed by atoms with van der Waals surface area (Å²) < 4.78 is 34.3. The molecule has 10 heteroatoms. The van der Waals surface area contributed by atoms with Crippen LogP contribution in [0, 0.1) is 19.7 Å². The van der Waals surface area contributed by atoms with Crippen molar-refractivity contribution < 1.29 is 18.3 Å². The van der Waals surface area contributed by atoms with Gasteiger partial charge in [0.25, 0.3) is 5.91 Å². The molecule has 3 aliphatic heterocycles. The second-order valence-corrected chi connectivity index (χ2v) is 9.65. The summed E-state index contributed by atoms with van der Waals surface area (Å²) in [6, 6.07) is 3.62. The summed E-state index contributed by atoms with van der Waals surface area (Å²) in [5.74, 6) is -0.246. The summed E-state index contributed by atoms with van der Waals surface area (Å²) in [6.07, 6.45) is 0.321. The van der Waals surface area contributed by atoms with Crippen LogP contribution in [0.3, 0.4) is 0 Å². The summed E-state index contributed by atoms with van der Waals surface area (Å²) in [7, 11) is 0. The van der Waals surface area contributed by atoms with Gasteiger partial charge in [0.2, 0.25) is 0 Å². The Morgan fingerprint density at radius 1 is 1.21 bits per heavy atom. The van der Waals surface area contributed by atoms with Crippen molar-refractivity contribution in [2.45, 2.75) is 57.5 Å². The van der Waals surface area contributed by atoms with Crippen molar-refractivity contribution in [2.24, 2.45) is 5.73 Å². The van der Waals surface area contributed by atoms with Crippen LogP contribution < -0.4 is 15.8 Å². The van der Waals surface area contributed by atoms with Gasteiger partial charge in [-0.3, -0.25) is 4.79 Å². The van der Waals surface area contributed by atoms with Crippen LogP contribution in [0.1, 0.15) is 46.8 Å². The molecule has 180 valence electrons. The largest absolute Gasteiger partial charge is 0.489 e. The highest BCUT2D eigenvalue weighted by Crippen LogP contribution is 2.34. The lowest BCUT2D eigenvalue weighted by molar-refractivity contribution is 0.0784. The number of ether oxygens (including phenoxy) is 1. The highest BCUT2D eigenvalue weighted by Gasteiger charge is 2.42. The fourth-order valence-corrected chi connectivity index (χ4v) is 5.13. The number of nitrogens with one attached hydrogen (secondary N) is 1. The van der Waals surface area contributed by atoms with Crippen LogP contribution in [0.2, 0.25) is 5.02 Å². The van der Waals surface area contributed by atoms with Crippen LogP contribution in [0.5, 0.6) is 5.75 Å². The zero-order valence-corrected chi connectivity index (χ0v) is 19.7. The monoisotopic (exact) mass is 489 g/mol. The van der Waals surface area contributed by atoms with Crippen LogP contribution in [0.25, 0.3) is 5.57 Å². The standard InChI is InChI=1S/C24H26ClF2N5O2/c1-11-22(25)12(2)30-23(29-11)17-9-32(10-19(17)28)24(33)16-4-3-13(26)5-21(16)34-15-6-14-7-18(27)20(8-15)31-14/h3-5,14-15,18,20,31H,6-10,28H2,1-2H3/t14?,15-,18?,20?/m0/s1. The van der Waals surface area contributed by atoms with E-state index in [0.29, 0.717) is 52.8 Å². The number of halogens is 3. The number of nitrogens with two attached hydrogens (primary N) is 1. The van der Waals surface area contributed by atoms with Gasteiger partial charge in [-0.1, -0.05) is 11.6 Å². The lowest BCUT2D eigenvalue weighted by Gasteiger charge is -2.30. The number of alkyl halides is 1. The number of hydrogen-bond acceptors (Lipinski definition) is 6. The molecule has 3 unspecified atom stereocenters. The highest BCUT2D eigenvalue weighted by molar-refractivity contribution is 6.31. The third-order valence-corrected chi connectivity index (χ3v) is 7.31. The van der Waals surface area contributed by atoms with Crippen LogP contribution in [0.15, 0.2) is 23.9 Å². The molecule has 0 spiro atoms. The molecule has 3 N–H and O–H groups in total. The van der Waals surface area contributed by atoms with Gasteiger partial charge in [-0.25, -0.2) is 18.7 Å². The fourth-order valence-electron chi connectivity index (χ4n) is 5.05. The minimum atomic E-state index is -0.911. The number of aryl methyl sites for hydroxylation is 2. The maximum absolute atomic E-state index is 14.1. The first-order valence-electron chi connectivity index (χ1n) is 11.3. The number of carbonyl (C=O) groups excluding carboxylic acids is 1. The Morgan fingerprint density at radius 2 is 1.94 bits per heavy atom. The maximum atomic E-state index is 14.1. The molecule has 3 aliphatic rings. The van der Waals surface area contributed by atoms with E-state index in [-0.39, 0.29) is 48.5 Å². The van der Waals surface area contributed by atoms with Crippen molar-refractivity contribution in [2.75, 3.05) is 13.1 Å². The Hall–Kier alpha value is -2.78. The Balaban J connectivity index is 1.35. The maximum Gasteiger partial charge on any atom is 0.258 e. The molecule has 4 atom stereocenters. The molecule has 0 radical (unpaired) electrons. The second-order valence-electron chi connectivity index (χ2n) is 9.27. The van der Waals surface area contributed by atoms with Gasteiger partial charge in [0.05, 0.1) is 35.1 Å². The van der Waals surface area contributed by atoms with Gasteiger partial charge < -0.3 is 20.7 Å². The molecule has 2 bridgehead atoms. The second kappa shape index (κ2) is 8.78. The zero-order chi connectivity index (χ0) is 24.1. The molecule has 0 saturated carbocycles. The number of fused-ring (bicyclic) bond motifs is 2. The van der Waals surface area contributed by atoms with Gasteiger partial charge >= 0.3 is 0 Å². The molecule has 4 heterocycles. The van der Waals surface area contributed by atoms with Gasteiger partial charge in [-0.2, -0.15) is 0 Å². The first kappa shape index (κ1) is 23.0. The van der Waals surface area contributed by atoms with E-state index in [0.717, 1.165) is 0 Å². The van der Waals surface area contributed by atoms with Gasteiger partial charge in [-0.05, 0) is 38.8 Å². The molecule has 0 aliphatic carbocycles. The predicted molar refractivity (Wildman–Crippen MR) is 124 cm³/mol. The summed E-state index contributed by atoms with van der Waals surface area (Å²) in [4.78, 5) is 23.9. The van der Waals surface area contributed by atoms with Crippen molar-refractivity contribution in [1.82, 2.24) is 20.2 Å². The summed E-state index contributed by atoms with van der Waals surface area (Å²) >= 11 is 6.19. The molecule has 2 fully saturated rings. The van der Waals surface area contributed by atoms with Crippen molar-refractivity contribution in [3.05, 3.63) is 57.5 Å². The van der Waals surface area contributed by atoms with Gasteiger partial charge in [0.15, 0.2) is 5.82 Å². The minimum Gasteiger partial charge on any atom is -0.489 e. The third kappa shape index (κ3) is 4.22. The number of piperidine rings is 1. The van der Waals surface area contributed by atoms with E-state index >= 15 is 0 Å². The molecule has 2 saturated heterocycles. The van der Waals surface area contributed by atoms with E-state index in [9.17, 15) is 13.6 Å². The van der Waals surface area contributed by atoms with E-state index < -0.39 is 12.0 Å². The van der Waals surface area contributed by atoms with Crippen LogP contribution in [0.4, 0.5) is 8.78 Å². The normalized spacial score (nSPS) is 26.3. The molecule has 2 aromatic rings. The van der Waals surface area contributed by atoms with Crippen LogP contribution >= 0.6 is 11.6 Å². The molecule has 34 heavy (non-hydrogen) atoms.